The van der Waals surface area contributed by atoms with E-state index in [4.69, 9.17) is 5.73 Å². The van der Waals surface area contributed by atoms with E-state index in [-0.39, 0.29) is 17.9 Å². The van der Waals surface area contributed by atoms with Crippen LogP contribution >= 0.6 is 0 Å². The molecule has 1 aromatic carbocycles. The third kappa shape index (κ3) is 2.99. The number of benzene rings is 1. The van der Waals surface area contributed by atoms with Gasteiger partial charge in [-0.2, -0.15) is 0 Å². The Morgan fingerprint density at radius 1 is 1.23 bits per heavy atom. The fraction of sp³-hybridized carbons (Fsp3) is 0.529. The number of carbonyl (C=O) groups excluding carboxylic acids is 2. The minimum Gasteiger partial charge on any atom is -0.349 e. The predicted octanol–water partition coefficient (Wildman–Crippen LogP) is 1.21. The molecular weight excluding hydrogens is 278 g/mol. The molecule has 1 heterocycles. The van der Waals surface area contributed by atoms with E-state index in [2.05, 4.69) is 5.32 Å². The first-order valence-corrected chi connectivity index (χ1v) is 7.94. The van der Waals surface area contributed by atoms with Gasteiger partial charge in [0.05, 0.1) is 5.54 Å². The number of likely N-dealkylation sites (tertiary alicyclic amines) is 1. The topological polar surface area (TPSA) is 75.4 Å². The minimum absolute atomic E-state index is 0.0274. The van der Waals surface area contributed by atoms with E-state index >= 15 is 0 Å². The van der Waals surface area contributed by atoms with Gasteiger partial charge >= 0.3 is 0 Å². The zero-order valence-corrected chi connectivity index (χ0v) is 13.0. The Balaban J connectivity index is 1.53. The summed E-state index contributed by atoms with van der Waals surface area (Å²) in [5, 5.41) is 3.08. The Labute approximate surface area is 130 Å². The standard InChI is InChI=1S/C17H23N3O2/c1-12-4-2-3-5-14(12)15(21)19-13-6-10-20(11-7-13)16(22)17(18)8-9-17/h2-5,13H,6-11,18H2,1H3,(H,19,21). The summed E-state index contributed by atoms with van der Waals surface area (Å²) in [5.74, 6) is 0.0524. The molecule has 2 fully saturated rings. The lowest BCUT2D eigenvalue weighted by Gasteiger charge is -2.34. The molecule has 2 aliphatic rings. The molecule has 118 valence electrons. The second kappa shape index (κ2) is 5.72. The average Bonchev–Trinajstić information content (AvgIpc) is 3.27. The molecule has 0 bridgehead atoms. The van der Waals surface area contributed by atoms with Gasteiger partial charge in [-0.15, -0.1) is 0 Å². The van der Waals surface area contributed by atoms with Gasteiger partial charge in [-0.05, 0) is 44.2 Å². The summed E-state index contributed by atoms with van der Waals surface area (Å²) in [4.78, 5) is 26.3. The van der Waals surface area contributed by atoms with Crippen LogP contribution in [0.1, 0.15) is 41.6 Å². The number of nitrogens with zero attached hydrogens (tertiary/aromatic N) is 1. The maximum absolute atomic E-state index is 12.3. The van der Waals surface area contributed by atoms with Crippen molar-refractivity contribution in [2.24, 2.45) is 5.73 Å². The largest absolute Gasteiger partial charge is 0.349 e. The molecule has 1 saturated heterocycles. The molecule has 1 aliphatic heterocycles. The van der Waals surface area contributed by atoms with Crippen molar-refractivity contribution in [2.75, 3.05) is 13.1 Å². The molecule has 0 unspecified atom stereocenters. The summed E-state index contributed by atoms with van der Waals surface area (Å²) < 4.78 is 0. The van der Waals surface area contributed by atoms with Gasteiger partial charge in [-0.1, -0.05) is 18.2 Å². The number of hydrogen-bond acceptors (Lipinski definition) is 3. The highest BCUT2D eigenvalue weighted by Gasteiger charge is 2.48. The van der Waals surface area contributed by atoms with Crippen molar-refractivity contribution in [3.8, 4) is 0 Å². The van der Waals surface area contributed by atoms with Gasteiger partial charge in [0.2, 0.25) is 5.91 Å². The van der Waals surface area contributed by atoms with E-state index in [1.54, 1.807) is 0 Å². The summed E-state index contributed by atoms with van der Waals surface area (Å²) in [6.07, 6.45) is 3.18. The van der Waals surface area contributed by atoms with Crippen LogP contribution in [0.5, 0.6) is 0 Å². The summed E-state index contributed by atoms with van der Waals surface area (Å²) in [5.41, 5.74) is 7.08. The van der Waals surface area contributed by atoms with Crippen LogP contribution in [0.4, 0.5) is 0 Å². The SMILES string of the molecule is Cc1ccccc1C(=O)NC1CCN(C(=O)C2(N)CC2)CC1. The first-order chi connectivity index (χ1) is 10.5. The highest BCUT2D eigenvalue weighted by molar-refractivity contribution is 5.95. The van der Waals surface area contributed by atoms with Crippen molar-refractivity contribution in [3.05, 3.63) is 35.4 Å². The van der Waals surface area contributed by atoms with Gasteiger partial charge in [0, 0.05) is 24.7 Å². The van der Waals surface area contributed by atoms with Crippen LogP contribution in [-0.4, -0.2) is 41.4 Å². The third-order valence-electron chi connectivity index (χ3n) is 4.72. The van der Waals surface area contributed by atoms with E-state index in [0.717, 1.165) is 36.8 Å². The van der Waals surface area contributed by atoms with Gasteiger partial charge in [0.1, 0.15) is 0 Å². The number of aryl methyl sites for hydroxylation is 1. The third-order valence-corrected chi connectivity index (χ3v) is 4.72. The van der Waals surface area contributed by atoms with Crippen molar-refractivity contribution < 1.29 is 9.59 Å². The number of hydrogen-bond donors (Lipinski definition) is 2. The molecule has 2 amide bonds. The van der Waals surface area contributed by atoms with Crippen molar-refractivity contribution in [2.45, 2.75) is 44.2 Å². The Morgan fingerprint density at radius 3 is 2.45 bits per heavy atom. The van der Waals surface area contributed by atoms with Crippen molar-refractivity contribution in [3.63, 3.8) is 0 Å². The highest BCUT2D eigenvalue weighted by Crippen LogP contribution is 2.34. The number of nitrogens with two attached hydrogens (primary N) is 1. The van der Waals surface area contributed by atoms with E-state index in [1.165, 1.54) is 0 Å². The lowest BCUT2D eigenvalue weighted by molar-refractivity contribution is -0.134. The summed E-state index contributed by atoms with van der Waals surface area (Å²) in [6.45, 7) is 3.29. The quantitative estimate of drug-likeness (QED) is 0.881. The summed E-state index contributed by atoms with van der Waals surface area (Å²) in [6, 6.07) is 7.71. The second-order valence-corrected chi connectivity index (χ2v) is 6.51. The molecule has 0 atom stereocenters. The van der Waals surface area contributed by atoms with Crippen LogP contribution in [0.25, 0.3) is 0 Å². The van der Waals surface area contributed by atoms with Gasteiger partial charge in [0.15, 0.2) is 0 Å². The molecular formula is C17H23N3O2. The van der Waals surface area contributed by atoms with Gasteiger partial charge in [-0.3, -0.25) is 9.59 Å². The Hall–Kier alpha value is -1.88. The van der Waals surface area contributed by atoms with Crippen molar-refractivity contribution in [1.29, 1.82) is 0 Å². The van der Waals surface area contributed by atoms with Crippen LogP contribution in [-0.2, 0) is 4.79 Å². The monoisotopic (exact) mass is 301 g/mol. The number of piperidine rings is 1. The van der Waals surface area contributed by atoms with Crippen LogP contribution in [0.3, 0.4) is 0 Å². The summed E-state index contributed by atoms with van der Waals surface area (Å²) >= 11 is 0. The number of rotatable bonds is 3. The number of amides is 2. The zero-order chi connectivity index (χ0) is 15.7. The second-order valence-electron chi connectivity index (χ2n) is 6.51. The fourth-order valence-corrected chi connectivity index (χ4v) is 2.98. The zero-order valence-electron chi connectivity index (χ0n) is 13.0. The smallest absolute Gasteiger partial charge is 0.251 e. The first-order valence-electron chi connectivity index (χ1n) is 7.94. The highest BCUT2D eigenvalue weighted by atomic mass is 16.2. The van der Waals surface area contributed by atoms with E-state index in [0.29, 0.717) is 13.1 Å². The maximum atomic E-state index is 12.3. The molecule has 1 saturated carbocycles. The predicted molar refractivity (Wildman–Crippen MR) is 84.4 cm³/mol. The van der Waals surface area contributed by atoms with Crippen LogP contribution in [0, 0.1) is 6.92 Å². The van der Waals surface area contributed by atoms with Gasteiger partial charge < -0.3 is 16.0 Å². The Kier molecular flexibility index (Phi) is 3.91. The Bertz CT molecular complexity index is 587. The lowest BCUT2D eigenvalue weighted by atomic mass is 10.0. The van der Waals surface area contributed by atoms with E-state index in [9.17, 15) is 9.59 Å². The van der Waals surface area contributed by atoms with Gasteiger partial charge in [-0.25, -0.2) is 0 Å². The average molecular weight is 301 g/mol. The van der Waals surface area contributed by atoms with Crippen molar-refractivity contribution in [1.82, 2.24) is 10.2 Å². The molecule has 5 heteroatoms. The normalized spacial score (nSPS) is 20.5. The molecule has 0 spiro atoms. The van der Waals surface area contributed by atoms with Gasteiger partial charge in [0.25, 0.3) is 5.91 Å². The molecule has 3 rings (SSSR count). The maximum Gasteiger partial charge on any atom is 0.251 e. The van der Waals surface area contributed by atoms with Crippen LogP contribution in [0.2, 0.25) is 0 Å². The summed E-state index contributed by atoms with van der Waals surface area (Å²) in [7, 11) is 0. The molecule has 1 aromatic rings. The molecule has 1 aliphatic carbocycles. The first kappa shape index (κ1) is 15.0. The van der Waals surface area contributed by atoms with E-state index in [1.807, 2.05) is 36.1 Å². The molecule has 0 radical (unpaired) electrons. The molecule has 5 nitrogen and oxygen atoms in total. The van der Waals surface area contributed by atoms with Crippen LogP contribution in [0.15, 0.2) is 24.3 Å². The van der Waals surface area contributed by atoms with E-state index < -0.39 is 5.54 Å². The van der Waals surface area contributed by atoms with Crippen LogP contribution < -0.4 is 11.1 Å². The number of carbonyl (C=O) groups is 2. The molecule has 22 heavy (non-hydrogen) atoms. The minimum atomic E-state index is -0.586. The lowest BCUT2D eigenvalue weighted by Crippen LogP contribution is -2.52. The van der Waals surface area contributed by atoms with Crippen molar-refractivity contribution >= 4 is 11.8 Å². The Morgan fingerprint density at radius 2 is 1.86 bits per heavy atom. The fourth-order valence-electron chi connectivity index (χ4n) is 2.98. The number of nitrogens with one attached hydrogen (secondary N) is 1. The molecule has 0 aromatic heterocycles. The molecule has 3 N–H and O–H groups in total.